The van der Waals surface area contributed by atoms with Crippen LogP contribution in [0.3, 0.4) is 0 Å². The molecule has 0 saturated heterocycles. The molecule has 1 aliphatic rings. The SMILES string of the molecule is CC1CC=C(C=O)C(N=O)C1. The van der Waals surface area contributed by atoms with Crippen molar-refractivity contribution in [2.75, 3.05) is 0 Å². The van der Waals surface area contributed by atoms with Crippen molar-refractivity contribution in [1.82, 2.24) is 0 Å². The molecule has 1 aliphatic carbocycles. The Bertz CT molecular complexity index is 198. The predicted octanol–water partition coefficient (Wildman–Crippen LogP) is 1.68. The van der Waals surface area contributed by atoms with E-state index in [9.17, 15) is 9.70 Å². The molecular formula is C8H11NO2. The Hall–Kier alpha value is -0.990. The largest absolute Gasteiger partial charge is 0.298 e. The highest BCUT2D eigenvalue weighted by molar-refractivity contribution is 5.75. The molecule has 3 nitrogen and oxygen atoms in total. The molecule has 0 spiro atoms. The van der Waals surface area contributed by atoms with Crippen molar-refractivity contribution in [2.24, 2.45) is 11.1 Å². The van der Waals surface area contributed by atoms with Crippen LogP contribution in [0.5, 0.6) is 0 Å². The molecule has 0 N–H and O–H groups in total. The van der Waals surface area contributed by atoms with Gasteiger partial charge in [-0.2, -0.15) is 4.91 Å². The topological polar surface area (TPSA) is 46.5 Å². The number of carbonyl (C=O) groups excluding carboxylic acids is 1. The summed E-state index contributed by atoms with van der Waals surface area (Å²) in [4.78, 5) is 20.6. The molecule has 1 rings (SSSR count). The Balaban J connectivity index is 2.74. The zero-order valence-electron chi connectivity index (χ0n) is 6.49. The van der Waals surface area contributed by atoms with Crippen LogP contribution in [0.1, 0.15) is 19.8 Å². The third kappa shape index (κ3) is 1.73. The molecule has 60 valence electrons. The van der Waals surface area contributed by atoms with Gasteiger partial charge in [-0.05, 0) is 18.8 Å². The van der Waals surface area contributed by atoms with Crippen molar-refractivity contribution >= 4 is 6.29 Å². The second-order valence-corrected chi connectivity index (χ2v) is 3.02. The highest BCUT2D eigenvalue weighted by Crippen LogP contribution is 2.24. The Morgan fingerprint density at radius 2 is 2.45 bits per heavy atom. The monoisotopic (exact) mass is 153 g/mol. The van der Waals surface area contributed by atoms with Gasteiger partial charge in [0.15, 0.2) is 0 Å². The van der Waals surface area contributed by atoms with Gasteiger partial charge in [0.05, 0.1) is 0 Å². The minimum Gasteiger partial charge on any atom is -0.298 e. The van der Waals surface area contributed by atoms with Gasteiger partial charge in [-0.3, -0.25) is 4.79 Å². The van der Waals surface area contributed by atoms with Gasteiger partial charge < -0.3 is 0 Å². The first kappa shape index (κ1) is 8.11. The van der Waals surface area contributed by atoms with Crippen molar-refractivity contribution in [3.8, 4) is 0 Å². The maximum absolute atomic E-state index is 10.4. The molecule has 11 heavy (non-hydrogen) atoms. The van der Waals surface area contributed by atoms with Crippen LogP contribution in [0.2, 0.25) is 0 Å². The summed E-state index contributed by atoms with van der Waals surface area (Å²) in [6, 6.07) is -0.392. The Labute approximate surface area is 65.5 Å². The van der Waals surface area contributed by atoms with E-state index in [1.807, 2.05) is 6.08 Å². The van der Waals surface area contributed by atoms with Gasteiger partial charge in [-0.25, -0.2) is 0 Å². The van der Waals surface area contributed by atoms with E-state index >= 15 is 0 Å². The molecule has 2 atom stereocenters. The van der Waals surface area contributed by atoms with Crippen LogP contribution in [0.4, 0.5) is 0 Å². The number of hydrogen-bond donors (Lipinski definition) is 0. The quantitative estimate of drug-likeness (QED) is 0.447. The first-order valence-electron chi connectivity index (χ1n) is 3.75. The molecule has 0 aliphatic heterocycles. The van der Waals surface area contributed by atoms with Gasteiger partial charge in [-0.1, -0.05) is 18.2 Å². The third-order valence-electron chi connectivity index (χ3n) is 2.03. The average molecular weight is 153 g/mol. The fraction of sp³-hybridized carbons (Fsp3) is 0.625. The van der Waals surface area contributed by atoms with E-state index < -0.39 is 6.04 Å². The van der Waals surface area contributed by atoms with Crippen LogP contribution in [-0.4, -0.2) is 12.3 Å². The summed E-state index contributed by atoms with van der Waals surface area (Å²) >= 11 is 0. The van der Waals surface area contributed by atoms with Gasteiger partial charge in [0.25, 0.3) is 0 Å². The van der Waals surface area contributed by atoms with E-state index in [1.54, 1.807) is 0 Å². The number of allylic oxidation sites excluding steroid dienone is 1. The van der Waals surface area contributed by atoms with Crippen LogP contribution in [0.15, 0.2) is 16.8 Å². The zero-order chi connectivity index (χ0) is 8.27. The summed E-state index contributed by atoms with van der Waals surface area (Å²) in [6.07, 6.45) is 4.15. The zero-order valence-corrected chi connectivity index (χ0v) is 6.49. The molecule has 0 aromatic heterocycles. The van der Waals surface area contributed by atoms with Crippen LogP contribution in [0, 0.1) is 10.8 Å². The number of aldehydes is 1. The standard InChI is InChI=1S/C8H11NO2/c1-6-2-3-7(5-10)8(4-6)9-11/h3,5-6,8H,2,4H2,1H3. The lowest BCUT2D eigenvalue weighted by Crippen LogP contribution is -2.17. The maximum atomic E-state index is 10.4. The fourth-order valence-electron chi connectivity index (χ4n) is 1.32. The second-order valence-electron chi connectivity index (χ2n) is 3.02. The van der Waals surface area contributed by atoms with Crippen molar-refractivity contribution < 1.29 is 4.79 Å². The van der Waals surface area contributed by atoms with Crippen molar-refractivity contribution in [1.29, 1.82) is 0 Å². The van der Waals surface area contributed by atoms with E-state index in [1.165, 1.54) is 0 Å². The lowest BCUT2D eigenvalue weighted by Gasteiger charge is -2.19. The Morgan fingerprint density at radius 3 is 3.00 bits per heavy atom. The first-order chi connectivity index (χ1) is 5.27. The molecule has 0 aromatic carbocycles. The molecule has 0 heterocycles. The average Bonchev–Trinajstić information content (AvgIpc) is 2.04. The minimum absolute atomic E-state index is 0.392. The lowest BCUT2D eigenvalue weighted by molar-refractivity contribution is -0.105. The van der Waals surface area contributed by atoms with Gasteiger partial charge >= 0.3 is 0 Å². The fourth-order valence-corrected chi connectivity index (χ4v) is 1.32. The molecule has 0 saturated carbocycles. The van der Waals surface area contributed by atoms with Crippen molar-refractivity contribution in [3.63, 3.8) is 0 Å². The van der Waals surface area contributed by atoms with Crippen LogP contribution in [-0.2, 0) is 4.79 Å². The van der Waals surface area contributed by atoms with E-state index in [4.69, 9.17) is 0 Å². The Morgan fingerprint density at radius 1 is 1.73 bits per heavy atom. The van der Waals surface area contributed by atoms with Crippen LogP contribution < -0.4 is 0 Å². The highest BCUT2D eigenvalue weighted by atomic mass is 16.3. The molecule has 0 amide bonds. The van der Waals surface area contributed by atoms with Crippen LogP contribution in [0.25, 0.3) is 0 Å². The summed E-state index contributed by atoms with van der Waals surface area (Å²) in [7, 11) is 0. The predicted molar refractivity (Wildman–Crippen MR) is 42.1 cm³/mol. The van der Waals surface area contributed by atoms with E-state index in [2.05, 4.69) is 12.1 Å². The number of carbonyl (C=O) groups is 1. The second kappa shape index (κ2) is 3.42. The minimum atomic E-state index is -0.392. The maximum Gasteiger partial charge on any atom is 0.147 e. The number of nitrogens with zero attached hydrogens (tertiary/aromatic N) is 1. The smallest absolute Gasteiger partial charge is 0.147 e. The third-order valence-corrected chi connectivity index (χ3v) is 2.03. The van der Waals surface area contributed by atoms with Gasteiger partial charge in [-0.15, -0.1) is 0 Å². The van der Waals surface area contributed by atoms with Gasteiger partial charge in [0.2, 0.25) is 0 Å². The lowest BCUT2D eigenvalue weighted by atomic mass is 9.88. The van der Waals surface area contributed by atoms with E-state index in [0.717, 1.165) is 12.7 Å². The molecule has 0 bridgehead atoms. The van der Waals surface area contributed by atoms with Crippen molar-refractivity contribution in [3.05, 3.63) is 16.6 Å². The van der Waals surface area contributed by atoms with E-state index in [0.29, 0.717) is 17.9 Å². The summed E-state index contributed by atoms with van der Waals surface area (Å²) in [5.41, 5.74) is 0.554. The summed E-state index contributed by atoms with van der Waals surface area (Å²) in [5.74, 6) is 0.474. The number of nitroso groups, excluding NO2 is 1. The van der Waals surface area contributed by atoms with E-state index in [-0.39, 0.29) is 0 Å². The summed E-state index contributed by atoms with van der Waals surface area (Å²) in [5, 5.41) is 2.90. The number of rotatable bonds is 2. The highest BCUT2D eigenvalue weighted by Gasteiger charge is 2.21. The number of hydrogen-bond acceptors (Lipinski definition) is 3. The summed E-state index contributed by atoms with van der Waals surface area (Å²) in [6.45, 7) is 2.05. The first-order valence-corrected chi connectivity index (χ1v) is 3.75. The molecule has 0 aromatic rings. The normalized spacial score (nSPS) is 30.8. The molecule has 2 unspecified atom stereocenters. The van der Waals surface area contributed by atoms with Crippen molar-refractivity contribution in [2.45, 2.75) is 25.8 Å². The van der Waals surface area contributed by atoms with Crippen LogP contribution >= 0.6 is 0 Å². The van der Waals surface area contributed by atoms with Gasteiger partial charge in [0, 0.05) is 5.57 Å². The molecule has 0 radical (unpaired) electrons. The Kier molecular flexibility index (Phi) is 2.52. The molecule has 3 heteroatoms. The molecular weight excluding hydrogens is 142 g/mol. The molecule has 0 fully saturated rings. The van der Waals surface area contributed by atoms with Gasteiger partial charge in [0.1, 0.15) is 12.3 Å². The summed E-state index contributed by atoms with van der Waals surface area (Å²) < 4.78 is 0.